The van der Waals surface area contributed by atoms with E-state index in [1.54, 1.807) is 16.7 Å². The molecule has 0 saturated heterocycles. The smallest absolute Gasteiger partial charge is 0.323 e. The average Bonchev–Trinajstić information content (AvgIpc) is 2.41. The lowest BCUT2D eigenvalue weighted by Crippen LogP contribution is -2.24. The van der Waals surface area contributed by atoms with Crippen molar-refractivity contribution in [2.45, 2.75) is 4.90 Å². The van der Waals surface area contributed by atoms with Crippen molar-refractivity contribution in [2.24, 2.45) is 0 Å². The quantitative estimate of drug-likeness (QED) is 0.884. The van der Waals surface area contributed by atoms with Crippen molar-refractivity contribution in [1.29, 1.82) is 0 Å². The van der Waals surface area contributed by atoms with Gasteiger partial charge in [0, 0.05) is 16.8 Å². The summed E-state index contributed by atoms with van der Waals surface area (Å²) in [6.45, 7) is 0.00801. The molecule has 86 valence electrons. The average molecular weight is 258 g/mol. The van der Waals surface area contributed by atoms with Gasteiger partial charge in [0.05, 0.1) is 5.69 Å². The van der Waals surface area contributed by atoms with E-state index in [1.165, 1.54) is 0 Å². The molecule has 0 aromatic heterocycles. The summed E-state index contributed by atoms with van der Waals surface area (Å²) in [6.07, 6.45) is 3.82. The number of carbonyl (C=O) groups is 1. The normalized spacial score (nSPS) is 13.6. The highest BCUT2D eigenvalue weighted by atomic mass is 35.5. The molecule has 1 aromatic carbocycles. The van der Waals surface area contributed by atoms with Crippen LogP contribution in [0.5, 0.6) is 0 Å². The van der Waals surface area contributed by atoms with Gasteiger partial charge in [-0.15, -0.1) is 24.2 Å². The third-order valence-electron chi connectivity index (χ3n) is 2.10. The molecule has 3 nitrogen and oxygen atoms in total. The van der Waals surface area contributed by atoms with Crippen LogP contribution in [0.3, 0.4) is 0 Å². The molecule has 0 unspecified atom stereocenters. The molecule has 1 aliphatic rings. The Hall–Kier alpha value is -1.13. The number of carboxylic acids is 1. The molecule has 0 spiro atoms. The summed E-state index contributed by atoms with van der Waals surface area (Å²) in [4.78, 5) is 13.6. The lowest BCUT2D eigenvalue weighted by atomic mass is 10.3. The third kappa shape index (κ3) is 2.93. The molecule has 0 saturated carbocycles. The van der Waals surface area contributed by atoms with E-state index in [4.69, 9.17) is 5.11 Å². The number of benzene rings is 1. The Kier molecular flexibility index (Phi) is 4.71. The predicted molar refractivity (Wildman–Crippen MR) is 68.5 cm³/mol. The second-order valence-electron chi connectivity index (χ2n) is 3.19. The van der Waals surface area contributed by atoms with Crippen molar-refractivity contribution >= 4 is 35.8 Å². The second-order valence-corrected chi connectivity index (χ2v) is 4.25. The number of fused-ring (bicyclic) bond motifs is 1. The largest absolute Gasteiger partial charge is 0.480 e. The molecule has 1 heterocycles. The van der Waals surface area contributed by atoms with Crippen LogP contribution in [-0.2, 0) is 4.79 Å². The predicted octanol–water partition coefficient (Wildman–Crippen LogP) is 2.62. The molecular formula is C11H12ClNO2S. The van der Waals surface area contributed by atoms with Crippen LogP contribution in [-0.4, -0.2) is 23.4 Å². The number of rotatable bonds is 2. The molecular weight excluding hydrogens is 246 g/mol. The zero-order valence-corrected chi connectivity index (χ0v) is 10.1. The Labute approximate surface area is 105 Å². The molecule has 5 heteroatoms. The van der Waals surface area contributed by atoms with E-state index in [2.05, 4.69) is 0 Å². The highest BCUT2D eigenvalue weighted by Gasteiger charge is 2.13. The van der Waals surface area contributed by atoms with Crippen molar-refractivity contribution in [2.75, 3.05) is 17.2 Å². The molecule has 0 amide bonds. The minimum absolute atomic E-state index is 0. The van der Waals surface area contributed by atoms with Crippen molar-refractivity contribution in [3.8, 4) is 0 Å². The van der Waals surface area contributed by atoms with E-state index in [0.29, 0.717) is 0 Å². The topological polar surface area (TPSA) is 40.5 Å². The summed E-state index contributed by atoms with van der Waals surface area (Å²) in [5.74, 6) is 0.0639. The first-order valence-electron chi connectivity index (χ1n) is 4.64. The van der Waals surface area contributed by atoms with Gasteiger partial charge < -0.3 is 10.0 Å². The number of para-hydroxylation sites is 1. The minimum Gasteiger partial charge on any atom is -0.480 e. The standard InChI is InChI=1S/C11H11NO2S.ClH/c13-11(14)8-12-6-3-7-15-10-5-2-1-4-9(10)12;/h1-6H,7-8H2,(H,13,14);1H. The summed E-state index contributed by atoms with van der Waals surface area (Å²) in [5.41, 5.74) is 0.971. The van der Waals surface area contributed by atoms with E-state index in [-0.39, 0.29) is 19.0 Å². The van der Waals surface area contributed by atoms with Crippen LogP contribution in [0.2, 0.25) is 0 Å². The van der Waals surface area contributed by atoms with Gasteiger partial charge in [0.15, 0.2) is 0 Å². The molecule has 2 rings (SSSR count). The first kappa shape index (κ1) is 12.9. The number of thioether (sulfide) groups is 1. The van der Waals surface area contributed by atoms with Gasteiger partial charge in [-0.25, -0.2) is 0 Å². The fourth-order valence-corrected chi connectivity index (χ4v) is 2.36. The van der Waals surface area contributed by atoms with Crippen LogP contribution in [0.15, 0.2) is 41.4 Å². The van der Waals surface area contributed by atoms with E-state index in [9.17, 15) is 4.79 Å². The molecule has 1 aliphatic heterocycles. The summed E-state index contributed by atoms with van der Waals surface area (Å²) in [7, 11) is 0. The van der Waals surface area contributed by atoms with E-state index < -0.39 is 5.97 Å². The lowest BCUT2D eigenvalue weighted by Gasteiger charge is -2.19. The molecule has 16 heavy (non-hydrogen) atoms. The number of halogens is 1. The van der Waals surface area contributed by atoms with Crippen LogP contribution in [0.25, 0.3) is 0 Å². The van der Waals surface area contributed by atoms with Gasteiger partial charge in [0.1, 0.15) is 6.54 Å². The highest BCUT2D eigenvalue weighted by molar-refractivity contribution is 7.99. The van der Waals surface area contributed by atoms with Crippen LogP contribution >= 0.6 is 24.2 Å². The summed E-state index contributed by atoms with van der Waals surface area (Å²) < 4.78 is 0. The van der Waals surface area contributed by atoms with Crippen molar-refractivity contribution in [3.05, 3.63) is 36.5 Å². The first-order chi connectivity index (χ1) is 7.27. The maximum Gasteiger partial charge on any atom is 0.323 e. The number of aliphatic carboxylic acids is 1. The van der Waals surface area contributed by atoms with Gasteiger partial charge in [-0.3, -0.25) is 4.79 Å². The van der Waals surface area contributed by atoms with Crippen LogP contribution < -0.4 is 4.90 Å². The summed E-state index contributed by atoms with van der Waals surface area (Å²) in [5, 5.41) is 8.80. The Morgan fingerprint density at radius 1 is 1.44 bits per heavy atom. The Morgan fingerprint density at radius 3 is 2.94 bits per heavy atom. The van der Waals surface area contributed by atoms with Crippen molar-refractivity contribution < 1.29 is 9.90 Å². The molecule has 0 radical (unpaired) electrons. The number of nitrogens with zero attached hydrogens (tertiary/aromatic N) is 1. The minimum atomic E-state index is -0.818. The summed E-state index contributed by atoms with van der Waals surface area (Å²) >= 11 is 1.72. The Morgan fingerprint density at radius 2 is 2.19 bits per heavy atom. The molecule has 1 aromatic rings. The Balaban J connectivity index is 0.00000128. The maximum atomic E-state index is 10.7. The summed E-state index contributed by atoms with van der Waals surface area (Å²) in [6, 6.07) is 7.85. The molecule has 0 fully saturated rings. The van der Waals surface area contributed by atoms with Gasteiger partial charge in [-0.2, -0.15) is 0 Å². The molecule has 1 N–H and O–H groups in total. The van der Waals surface area contributed by atoms with Crippen LogP contribution in [0.1, 0.15) is 0 Å². The number of carboxylic acid groups (broad SMARTS) is 1. The third-order valence-corrected chi connectivity index (χ3v) is 3.12. The molecule has 0 atom stereocenters. The van der Waals surface area contributed by atoms with Gasteiger partial charge in [-0.1, -0.05) is 18.2 Å². The van der Waals surface area contributed by atoms with Gasteiger partial charge in [-0.05, 0) is 12.1 Å². The number of hydrogen-bond donors (Lipinski definition) is 1. The first-order valence-corrected chi connectivity index (χ1v) is 5.63. The second kappa shape index (κ2) is 5.82. The zero-order valence-electron chi connectivity index (χ0n) is 8.50. The van der Waals surface area contributed by atoms with E-state index in [1.807, 2.05) is 36.5 Å². The van der Waals surface area contributed by atoms with Crippen molar-refractivity contribution in [3.63, 3.8) is 0 Å². The SMILES string of the molecule is Cl.O=C(O)CN1C=CCSc2ccccc21. The Bertz CT molecular complexity index is 409. The van der Waals surface area contributed by atoms with Gasteiger partial charge >= 0.3 is 5.97 Å². The van der Waals surface area contributed by atoms with Gasteiger partial charge in [0.25, 0.3) is 0 Å². The zero-order chi connectivity index (χ0) is 10.7. The van der Waals surface area contributed by atoms with E-state index in [0.717, 1.165) is 16.3 Å². The molecule has 0 aliphatic carbocycles. The van der Waals surface area contributed by atoms with E-state index >= 15 is 0 Å². The maximum absolute atomic E-state index is 10.7. The lowest BCUT2D eigenvalue weighted by molar-refractivity contribution is -0.135. The molecule has 0 bridgehead atoms. The van der Waals surface area contributed by atoms with Crippen molar-refractivity contribution in [1.82, 2.24) is 0 Å². The van der Waals surface area contributed by atoms with Crippen LogP contribution in [0, 0.1) is 0 Å². The number of hydrogen-bond acceptors (Lipinski definition) is 3. The monoisotopic (exact) mass is 257 g/mol. The fourth-order valence-electron chi connectivity index (χ4n) is 1.49. The van der Waals surface area contributed by atoms with Crippen LogP contribution in [0.4, 0.5) is 5.69 Å². The van der Waals surface area contributed by atoms with Gasteiger partial charge in [0.2, 0.25) is 0 Å². The fraction of sp³-hybridized carbons (Fsp3) is 0.182. The highest BCUT2D eigenvalue weighted by Crippen LogP contribution is 2.32. The number of anilines is 1.